The number of aromatic nitrogens is 2. The summed E-state index contributed by atoms with van der Waals surface area (Å²) in [6, 6.07) is 12.6. The zero-order valence-corrected chi connectivity index (χ0v) is 13.7. The van der Waals surface area contributed by atoms with Crippen LogP contribution in [-0.2, 0) is 9.84 Å². The number of benzene rings is 2. The minimum atomic E-state index is -4.26. The van der Waals surface area contributed by atoms with Crippen LogP contribution in [0, 0.1) is 5.21 Å². The van der Waals surface area contributed by atoms with Crippen LogP contribution in [-0.4, -0.2) is 24.7 Å². The van der Waals surface area contributed by atoms with E-state index >= 15 is 0 Å². The third-order valence-electron chi connectivity index (χ3n) is 3.27. The second-order valence-corrected chi connectivity index (χ2v) is 6.79. The van der Waals surface area contributed by atoms with Gasteiger partial charge in [0.1, 0.15) is 5.75 Å². The quantitative estimate of drug-likeness (QED) is 0.381. The number of amides is 1. The van der Waals surface area contributed by atoms with E-state index in [2.05, 4.69) is 9.79 Å². The minimum Gasteiger partial charge on any atom is -0.415 e. The van der Waals surface area contributed by atoms with E-state index in [-0.39, 0.29) is 21.1 Å². The van der Waals surface area contributed by atoms with Crippen molar-refractivity contribution in [2.45, 2.75) is 9.92 Å². The van der Waals surface area contributed by atoms with E-state index in [0.717, 1.165) is 0 Å². The smallest absolute Gasteiger partial charge is 0.415 e. The molecule has 0 unspecified atom stereocenters. The molecule has 0 aliphatic rings. The Labute approximate surface area is 146 Å². The summed E-state index contributed by atoms with van der Waals surface area (Å²) < 4.78 is 35.0. The molecule has 0 atom stereocenters. The molecular formula is C15H11N3O7S. The van der Waals surface area contributed by atoms with Crippen molar-refractivity contribution in [3.05, 3.63) is 65.4 Å². The molecule has 0 saturated heterocycles. The Balaban J connectivity index is 2.01. The number of carbonyl (C=O) groups is 1. The van der Waals surface area contributed by atoms with Gasteiger partial charge in [0.25, 0.3) is 15.7 Å². The maximum Gasteiger partial charge on any atom is 0.420 e. The normalized spacial score (nSPS) is 11.1. The van der Waals surface area contributed by atoms with Crippen LogP contribution in [0.4, 0.5) is 0 Å². The molecule has 0 radical (unpaired) electrons. The summed E-state index contributed by atoms with van der Waals surface area (Å²) in [7, 11) is -4.26. The van der Waals surface area contributed by atoms with Gasteiger partial charge in [0, 0.05) is 5.56 Å². The van der Waals surface area contributed by atoms with Crippen molar-refractivity contribution in [1.29, 1.82) is 0 Å². The Bertz CT molecular complexity index is 1050. The average molecular weight is 377 g/mol. The molecule has 2 N–H and O–H groups in total. The van der Waals surface area contributed by atoms with Gasteiger partial charge >= 0.3 is 10.9 Å². The van der Waals surface area contributed by atoms with Crippen molar-refractivity contribution in [2.75, 3.05) is 0 Å². The molecule has 0 spiro atoms. The highest BCUT2D eigenvalue weighted by atomic mass is 32.2. The monoisotopic (exact) mass is 377 g/mol. The minimum absolute atomic E-state index is 0.00418. The molecule has 26 heavy (non-hydrogen) atoms. The van der Waals surface area contributed by atoms with Gasteiger partial charge in [-0.2, -0.15) is 0 Å². The zero-order chi connectivity index (χ0) is 18.7. The Kier molecular flexibility index (Phi) is 4.56. The molecule has 3 aromatic rings. The molecule has 134 valence electrons. The topological polar surface area (TPSA) is 146 Å². The molecule has 3 rings (SSSR count). The predicted octanol–water partition coefficient (Wildman–Crippen LogP) is 1.05. The summed E-state index contributed by atoms with van der Waals surface area (Å²) in [5.74, 6) is -1.39. The summed E-state index contributed by atoms with van der Waals surface area (Å²) >= 11 is 0. The molecule has 1 heterocycles. The fourth-order valence-electron chi connectivity index (χ4n) is 2.09. The summed E-state index contributed by atoms with van der Waals surface area (Å²) in [4.78, 5) is 11.0. The van der Waals surface area contributed by atoms with Gasteiger partial charge in [-0.15, -0.1) is 0 Å². The lowest BCUT2D eigenvalue weighted by atomic mass is 10.2. The number of hydrogen-bond donors (Lipinski definition) is 2. The Morgan fingerprint density at radius 1 is 1.19 bits per heavy atom. The van der Waals surface area contributed by atoms with Crippen molar-refractivity contribution in [3.8, 4) is 11.6 Å². The lowest BCUT2D eigenvalue weighted by Gasteiger charge is -2.04. The van der Waals surface area contributed by atoms with Gasteiger partial charge in [-0.1, -0.05) is 24.3 Å². The molecule has 0 bridgehead atoms. The van der Waals surface area contributed by atoms with Crippen molar-refractivity contribution < 1.29 is 32.7 Å². The first kappa shape index (κ1) is 17.4. The highest BCUT2D eigenvalue weighted by Gasteiger charge is 2.36. The predicted molar refractivity (Wildman–Crippen MR) is 83.1 cm³/mol. The van der Waals surface area contributed by atoms with Crippen LogP contribution >= 0.6 is 0 Å². The zero-order valence-electron chi connectivity index (χ0n) is 12.9. The fraction of sp³-hybridized carbons (Fsp3) is 0. The standard InChI is InChI=1S/C15H11N3O7S/c19-13(16-20)10-5-4-6-11(9-10)24-14-15(18(21)25-17-14)26(22,23)12-7-2-1-3-8-12/h1-9,20H,(H,16,19). The third-order valence-corrected chi connectivity index (χ3v) is 4.99. The van der Waals surface area contributed by atoms with E-state index in [9.17, 15) is 18.4 Å². The summed E-state index contributed by atoms with van der Waals surface area (Å²) in [5, 5.41) is 22.9. The second kappa shape index (κ2) is 6.82. The van der Waals surface area contributed by atoms with Gasteiger partial charge in [-0.3, -0.25) is 14.6 Å². The second-order valence-electron chi connectivity index (χ2n) is 4.93. The molecule has 1 amide bonds. The molecular weight excluding hydrogens is 366 g/mol. The number of sulfone groups is 1. The lowest BCUT2D eigenvalue weighted by Crippen LogP contribution is -2.30. The van der Waals surface area contributed by atoms with Crippen LogP contribution in [0.2, 0.25) is 0 Å². The Hall–Kier alpha value is -3.44. The first-order valence-electron chi connectivity index (χ1n) is 7.05. The molecule has 1 aromatic heterocycles. The molecule has 0 aliphatic carbocycles. The van der Waals surface area contributed by atoms with E-state index in [1.165, 1.54) is 54.0 Å². The van der Waals surface area contributed by atoms with Crippen LogP contribution in [0.1, 0.15) is 10.4 Å². The number of nitrogens with one attached hydrogen (secondary N) is 1. The molecule has 11 heteroatoms. The highest BCUT2D eigenvalue weighted by molar-refractivity contribution is 7.91. The van der Waals surface area contributed by atoms with Crippen molar-refractivity contribution in [1.82, 2.24) is 10.6 Å². The largest absolute Gasteiger partial charge is 0.420 e. The highest BCUT2D eigenvalue weighted by Crippen LogP contribution is 2.29. The van der Waals surface area contributed by atoms with Crippen LogP contribution in [0.3, 0.4) is 0 Å². The summed E-state index contributed by atoms with van der Waals surface area (Å²) in [6.07, 6.45) is 0. The number of ether oxygens (including phenoxy) is 1. The number of nitrogens with zero attached hydrogens (tertiary/aromatic N) is 2. The molecule has 0 fully saturated rings. The van der Waals surface area contributed by atoms with Gasteiger partial charge in [0.15, 0.2) is 0 Å². The molecule has 0 aliphatic heterocycles. The van der Waals surface area contributed by atoms with Gasteiger partial charge in [0.05, 0.1) is 10.1 Å². The van der Waals surface area contributed by atoms with E-state index < -0.39 is 26.7 Å². The van der Waals surface area contributed by atoms with Crippen LogP contribution < -0.4 is 15.1 Å². The Morgan fingerprint density at radius 3 is 2.62 bits per heavy atom. The molecule has 10 nitrogen and oxygen atoms in total. The summed E-state index contributed by atoms with van der Waals surface area (Å²) in [6.45, 7) is 0. The third kappa shape index (κ3) is 3.20. The summed E-state index contributed by atoms with van der Waals surface area (Å²) in [5.41, 5.74) is 1.49. The van der Waals surface area contributed by atoms with Crippen LogP contribution in [0.25, 0.3) is 0 Å². The first-order valence-corrected chi connectivity index (χ1v) is 8.54. The van der Waals surface area contributed by atoms with Crippen molar-refractivity contribution in [2.24, 2.45) is 0 Å². The maximum absolute atomic E-state index is 12.7. The SMILES string of the molecule is O=C(NO)c1cccc(Oc2no[n+]([O-])c2S(=O)(=O)c2ccccc2)c1. The van der Waals surface area contributed by atoms with Gasteiger partial charge in [-0.25, -0.2) is 13.9 Å². The maximum atomic E-state index is 12.7. The Morgan fingerprint density at radius 2 is 1.92 bits per heavy atom. The van der Waals surface area contributed by atoms with Gasteiger partial charge in [0.2, 0.25) is 0 Å². The first-order chi connectivity index (χ1) is 12.4. The van der Waals surface area contributed by atoms with Crippen molar-refractivity contribution >= 4 is 15.7 Å². The van der Waals surface area contributed by atoms with E-state index in [1.807, 2.05) is 0 Å². The van der Waals surface area contributed by atoms with Crippen LogP contribution in [0.15, 0.2) is 69.1 Å². The number of rotatable bonds is 5. The van der Waals surface area contributed by atoms with Crippen molar-refractivity contribution in [3.63, 3.8) is 0 Å². The van der Waals surface area contributed by atoms with E-state index in [0.29, 0.717) is 0 Å². The number of carbonyl (C=O) groups excluding carboxylic acids is 1. The molecule has 2 aromatic carbocycles. The van der Waals surface area contributed by atoms with Gasteiger partial charge < -0.3 is 9.94 Å². The number of hydroxylamine groups is 1. The number of hydrogen-bond acceptors (Lipinski definition) is 8. The average Bonchev–Trinajstić information content (AvgIpc) is 3.03. The van der Waals surface area contributed by atoms with E-state index in [4.69, 9.17) is 9.94 Å². The fourth-order valence-corrected chi connectivity index (χ4v) is 3.37. The van der Waals surface area contributed by atoms with E-state index in [1.54, 1.807) is 6.07 Å². The molecule has 0 saturated carbocycles. The van der Waals surface area contributed by atoms with Crippen LogP contribution in [0.5, 0.6) is 11.6 Å². The lowest BCUT2D eigenvalue weighted by molar-refractivity contribution is -0.832. The van der Waals surface area contributed by atoms with Gasteiger partial charge in [-0.05, 0) is 35.2 Å².